The van der Waals surface area contributed by atoms with E-state index in [1.165, 1.54) is 12.8 Å². The molecule has 0 saturated heterocycles. The van der Waals surface area contributed by atoms with Gasteiger partial charge in [0.05, 0.1) is 5.60 Å². The maximum Gasteiger partial charge on any atom is 0.0676 e. The van der Waals surface area contributed by atoms with E-state index in [0.717, 1.165) is 25.9 Å². The molecule has 0 aliphatic heterocycles. The van der Waals surface area contributed by atoms with Gasteiger partial charge in [-0.15, -0.1) is 0 Å². The molecule has 0 bridgehead atoms. The predicted molar refractivity (Wildman–Crippen MR) is 58.2 cm³/mol. The first-order chi connectivity index (χ1) is 6.60. The van der Waals surface area contributed by atoms with Gasteiger partial charge in [0, 0.05) is 13.7 Å². The van der Waals surface area contributed by atoms with Gasteiger partial charge in [0.1, 0.15) is 0 Å². The lowest BCUT2D eigenvalue weighted by molar-refractivity contribution is -0.0726. The first-order valence-corrected chi connectivity index (χ1v) is 5.81. The van der Waals surface area contributed by atoms with Crippen molar-refractivity contribution in [3.8, 4) is 0 Å². The van der Waals surface area contributed by atoms with Crippen LogP contribution < -0.4 is 0 Å². The van der Waals surface area contributed by atoms with E-state index in [2.05, 4.69) is 13.8 Å². The summed E-state index contributed by atoms with van der Waals surface area (Å²) in [5.41, 5.74) is -0.420. The van der Waals surface area contributed by atoms with E-state index in [1.54, 1.807) is 7.11 Å². The minimum Gasteiger partial charge on any atom is -0.390 e. The van der Waals surface area contributed by atoms with Crippen molar-refractivity contribution < 1.29 is 9.84 Å². The van der Waals surface area contributed by atoms with Crippen LogP contribution in [-0.2, 0) is 4.74 Å². The molecule has 3 unspecified atom stereocenters. The normalized spacial score (nSPS) is 38.6. The van der Waals surface area contributed by atoms with Crippen molar-refractivity contribution in [2.75, 3.05) is 13.7 Å². The molecule has 0 radical (unpaired) electrons. The van der Waals surface area contributed by atoms with Gasteiger partial charge in [-0.05, 0) is 31.1 Å². The van der Waals surface area contributed by atoms with Crippen molar-refractivity contribution in [2.24, 2.45) is 11.8 Å². The van der Waals surface area contributed by atoms with Crippen LogP contribution in [-0.4, -0.2) is 24.4 Å². The molecule has 0 aromatic rings. The highest BCUT2D eigenvalue weighted by molar-refractivity contribution is 4.90. The molecule has 1 saturated carbocycles. The van der Waals surface area contributed by atoms with Crippen LogP contribution >= 0.6 is 0 Å². The molecule has 1 rings (SSSR count). The van der Waals surface area contributed by atoms with Crippen LogP contribution in [0.4, 0.5) is 0 Å². The summed E-state index contributed by atoms with van der Waals surface area (Å²) in [5.74, 6) is 1.10. The number of aliphatic hydroxyl groups is 1. The zero-order valence-electron chi connectivity index (χ0n) is 9.75. The zero-order valence-corrected chi connectivity index (χ0v) is 9.75. The predicted octanol–water partition coefficient (Wildman–Crippen LogP) is 2.60. The summed E-state index contributed by atoms with van der Waals surface area (Å²) >= 11 is 0. The van der Waals surface area contributed by atoms with Gasteiger partial charge in [-0.1, -0.05) is 26.7 Å². The summed E-state index contributed by atoms with van der Waals surface area (Å²) in [6, 6.07) is 0. The molecule has 2 heteroatoms. The fourth-order valence-electron chi connectivity index (χ4n) is 2.61. The second-order valence-corrected chi connectivity index (χ2v) is 4.86. The average molecular weight is 200 g/mol. The Morgan fingerprint density at radius 2 is 2.14 bits per heavy atom. The average Bonchev–Trinajstić information content (AvgIpc) is 2.15. The smallest absolute Gasteiger partial charge is 0.0676 e. The molecular formula is C12H24O2. The van der Waals surface area contributed by atoms with Crippen LogP contribution in [0.2, 0.25) is 0 Å². The van der Waals surface area contributed by atoms with E-state index < -0.39 is 5.60 Å². The van der Waals surface area contributed by atoms with Gasteiger partial charge in [0.2, 0.25) is 0 Å². The second-order valence-electron chi connectivity index (χ2n) is 4.86. The molecule has 84 valence electrons. The molecule has 1 N–H and O–H groups in total. The van der Waals surface area contributed by atoms with E-state index in [-0.39, 0.29) is 0 Å². The Morgan fingerprint density at radius 3 is 2.79 bits per heavy atom. The molecule has 14 heavy (non-hydrogen) atoms. The van der Waals surface area contributed by atoms with Gasteiger partial charge < -0.3 is 9.84 Å². The summed E-state index contributed by atoms with van der Waals surface area (Å²) in [6.45, 7) is 5.21. The fourth-order valence-corrected chi connectivity index (χ4v) is 2.61. The van der Waals surface area contributed by atoms with Crippen LogP contribution in [0.5, 0.6) is 0 Å². The van der Waals surface area contributed by atoms with Crippen LogP contribution in [0.15, 0.2) is 0 Å². The summed E-state index contributed by atoms with van der Waals surface area (Å²) in [4.78, 5) is 0. The molecule has 0 aromatic heterocycles. The Labute approximate surface area is 87.7 Å². The largest absolute Gasteiger partial charge is 0.390 e. The van der Waals surface area contributed by atoms with Crippen molar-refractivity contribution in [1.82, 2.24) is 0 Å². The lowest BCUT2D eigenvalue weighted by Crippen LogP contribution is -2.43. The molecule has 2 nitrogen and oxygen atoms in total. The minimum absolute atomic E-state index is 0.420. The molecule has 0 heterocycles. The quantitative estimate of drug-likeness (QED) is 0.707. The van der Waals surface area contributed by atoms with Crippen LogP contribution in [0.1, 0.15) is 46.0 Å². The number of hydrogen-bond acceptors (Lipinski definition) is 2. The summed E-state index contributed by atoms with van der Waals surface area (Å²) in [5, 5.41) is 10.5. The van der Waals surface area contributed by atoms with Crippen LogP contribution in [0.25, 0.3) is 0 Å². The minimum atomic E-state index is -0.420. The summed E-state index contributed by atoms with van der Waals surface area (Å²) in [7, 11) is 1.72. The second kappa shape index (κ2) is 5.13. The standard InChI is InChI=1S/C12H24O2/c1-10-6-4-7-12(13,11(10)2)8-5-9-14-3/h10-11,13H,4-9H2,1-3H3. The van der Waals surface area contributed by atoms with Crippen molar-refractivity contribution >= 4 is 0 Å². The van der Waals surface area contributed by atoms with Gasteiger partial charge in [0.15, 0.2) is 0 Å². The highest BCUT2D eigenvalue weighted by Crippen LogP contribution is 2.40. The van der Waals surface area contributed by atoms with E-state index in [0.29, 0.717) is 11.8 Å². The first kappa shape index (κ1) is 12.0. The van der Waals surface area contributed by atoms with E-state index >= 15 is 0 Å². The Bertz CT molecular complexity index is 170. The number of ether oxygens (including phenoxy) is 1. The third kappa shape index (κ3) is 2.71. The Hall–Kier alpha value is -0.0800. The first-order valence-electron chi connectivity index (χ1n) is 5.81. The third-order valence-corrected chi connectivity index (χ3v) is 3.93. The molecule has 1 fully saturated rings. The maximum atomic E-state index is 10.5. The molecule has 1 aliphatic rings. The van der Waals surface area contributed by atoms with E-state index in [1.807, 2.05) is 0 Å². The van der Waals surface area contributed by atoms with Crippen LogP contribution in [0, 0.1) is 11.8 Å². The third-order valence-electron chi connectivity index (χ3n) is 3.93. The van der Waals surface area contributed by atoms with Crippen molar-refractivity contribution in [3.63, 3.8) is 0 Å². The molecule has 3 atom stereocenters. The number of rotatable bonds is 4. The lowest BCUT2D eigenvalue weighted by atomic mass is 9.69. The van der Waals surface area contributed by atoms with E-state index in [4.69, 9.17) is 4.74 Å². The maximum absolute atomic E-state index is 10.5. The van der Waals surface area contributed by atoms with Crippen LogP contribution in [0.3, 0.4) is 0 Å². The summed E-state index contributed by atoms with van der Waals surface area (Å²) < 4.78 is 5.03. The highest BCUT2D eigenvalue weighted by Gasteiger charge is 2.38. The molecular weight excluding hydrogens is 176 g/mol. The monoisotopic (exact) mass is 200 g/mol. The van der Waals surface area contributed by atoms with Gasteiger partial charge in [0.25, 0.3) is 0 Å². The van der Waals surface area contributed by atoms with Gasteiger partial charge >= 0.3 is 0 Å². The topological polar surface area (TPSA) is 29.5 Å². The Morgan fingerprint density at radius 1 is 1.43 bits per heavy atom. The molecule has 0 spiro atoms. The van der Waals surface area contributed by atoms with Crippen molar-refractivity contribution in [1.29, 1.82) is 0 Å². The van der Waals surface area contributed by atoms with Gasteiger partial charge in [-0.2, -0.15) is 0 Å². The van der Waals surface area contributed by atoms with Crippen molar-refractivity contribution in [2.45, 2.75) is 51.6 Å². The number of methoxy groups -OCH3 is 1. The van der Waals surface area contributed by atoms with Gasteiger partial charge in [-0.25, -0.2) is 0 Å². The molecule has 1 aliphatic carbocycles. The lowest BCUT2D eigenvalue weighted by Gasteiger charge is -2.42. The highest BCUT2D eigenvalue weighted by atomic mass is 16.5. The van der Waals surface area contributed by atoms with E-state index in [9.17, 15) is 5.11 Å². The van der Waals surface area contributed by atoms with Gasteiger partial charge in [-0.3, -0.25) is 0 Å². The Kier molecular flexibility index (Phi) is 4.39. The Balaban J connectivity index is 2.44. The molecule has 0 amide bonds. The van der Waals surface area contributed by atoms with Crippen molar-refractivity contribution in [3.05, 3.63) is 0 Å². The SMILES string of the molecule is COCCCC1(O)CCCC(C)C1C. The zero-order chi connectivity index (χ0) is 10.6. The number of hydrogen-bond donors (Lipinski definition) is 1. The molecule has 0 aromatic carbocycles. The summed E-state index contributed by atoms with van der Waals surface area (Å²) in [6.07, 6.45) is 5.29. The fraction of sp³-hybridized carbons (Fsp3) is 1.00.